The van der Waals surface area contributed by atoms with E-state index in [1.807, 2.05) is 0 Å². The summed E-state index contributed by atoms with van der Waals surface area (Å²) in [5, 5.41) is 3.03. The summed E-state index contributed by atoms with van der Waals surface area (Å²) in [5.41, 5.74) is 0.569. The third-order valence-corrected chi connectivity index (χ3v) is 6.75. The molecule has 0 atom stereocenters. The number of amides is 1. The largest absolute Gasteiger partial charge is 0.497 e. The molecule has 4 fully saturated rings. The van der Waals surface area contributed by atoms with E-state index in [1.54, 1.807) is 18.2 Å². The van der Waals surface area contributed by atoms with Crippen LogP contribution in [0.5, 0.6) is 11.5 Å². The lowest BCUT2D eigenvalue weighted by Crippen LogP contribution is -2.51. The zero-order valence-electron chi connectivity index (χ0n) is 16.7. The highest BCUT2D eigenvalue weighted by atomic mass is 16.5. The summed E-state index contributed by atoms with van der Waals surface area (Å²) >= 11 is 0. The zero-order chi connectivity index (χ0) is 19.7. The molecule has 0 spiro atoms. The Labute approximate surface area is 165 Å². The molecule has 4 aliphatic carbocycles. The van der Waals surface area contributed by atoms with E-state index in [0.717, 1.165) is 17.8 Å². The van der Waals surface area contributed by atoms with Gasteiger partial charge in [0.05, 0.1) is 19.8 Å². The lowest BCUT2D eigenvalue weighted by atomic mass is 9.49. The van der Waals surface area contributed by atoms with Crippen LogP contribution in [0.4, 0.5) is 0 Å². The van der Waals surface area contributed by atoms with Crippen molar-refractivity contribution >= 4 is 11.9 Å². The highest BCUT2D eigenvalue weighted by Crippen LogP contribution is 2.59. The molecule has 4 aliphatic rings. The Morgan fingerprint density at radius 2 is 1.50 bits per heavy atom. The van der Waals surface area contributed by atoms with Crippen molar-refractivity contribution in [1.29, 1.82) is 0 Å². The summed E-state index contributed by atoms with van der Waals surface area (Å²) in [6.45, 7) is 0.435. The van der Waals surface area contributed by atoms with Crippen LogP contribution >= 0.6 is 0 Å². The van der Waals surface area contributed by atoms with Gasteiger partial charge in [0.15, 0.2) is 6.61 Å². The summed E-state index contributed by atoms with van der Waals surface area (Å²) in [7, 11) is 3.03. The number of carbonyl (C=O) groups is 2. The van der Waals surface area contributed by atoms with Gasteiger partial charge in [-0.05, 0) is 73.8 Å². The third kappa shape index (κ3) is 3.96. The van der Waals surface area contributed by atoms with E-state index < -0.39 is 5.97 Å². The fourth-order valence-corrected chi connectivity index (χ4v) is 5.98. The molecule has 4 saturated carbocycles. The van der Waals surface area contributed by atoms with Crippen LogP contribution in [0.15, 0.2) is 18.2 Å². The van der Waals surface area contributed by atoms with Crippen LogP contribution in [0.2, 0.25) is 0 Å². The molecule has 5 rings (SSSR count). The lowest BCUT2D eigenvalue weighted by molar-refractivity contribution is -0.126. The van der Waals surface area contributed by atoms with Gasteiger partial charge in [-0.3, -0.25) is 4.79 Å². The second-order valence-corrected chi connectivity index (χ2v) is 8.87. The van der Waals surface area contributed by atoms with Crippen LogP contribution in [-0.4, -0.2) is 39.2 Å². The second kappa shape index (κ2) is 7.64. The van der Waals surface area contributed by atoms with Crippen LogP contribution in [0.25, 0.3) is 0 Å². The first-order chi connectivity index (χ1) is 13.5. The number of carbonyl (C=O) groups excluding carboxylic acids is 2. The van der Waals surface area contributed by atoms with E-state index in [1.165, 1.54) is 52.7 Å². The Morgan fingerprint density at radius 3 is 2.00 bits per heavy atom. The Balaban J connectivity index is 1.28. The van der Waals surface area contributed by atoms with E-state index in [2.05, 4.69) is 5.32 Å². The van der Waals surface area contributed by atoms with Crippen molar-refractivity contribution in [3.05, 3.63) is 23.8 Å². The van der Waals surface area contributed by atoms with E-state index in [-0.39, 0.29) is 17.9 Å². The molecule has 1 aromatic carbocycles. The fraction of sp³-hybridized carbons (Fsp3) is 0.636. The molecular weight excluding hydrogens is 358 g/mol. The summed E-state index contributed by atoms with van der Waals surface area (Å²) in [6, 6.07) is 4.81. The first-order valence-electron chi connectivity index (χ1n) is 10.2. The number of methoxy groups -OCH3 is 2. The van der Waals surface area contributed by atoms with Crippen LogP contribution < -0.4 is 14.8 Å². The Kier molecular flexibility index (Phi) is 5.21. The maximum Gasteiger partial charge on any atom is 0.338 e. The molecule has 1 N–H and O–H groups in total. The minimum Gasteiger partial charge on any atom is -0.497 e. The average molecular weight is 387 g/mol. The minimum absolute atomic E-state index is 0.237. The standard InChI is InChI=1S/C22H29NO5/c1-26-18-6-17(7-19(8-18)27-2)21(25)28-12-20(24)23-13-22-9-14-3-15(10-22)5-16(4-14)11-22/h6-8,14-16H,3-5,9-13H2,1-2H3,(H,23,24). The van der Waals surface area contributed by atoms with Crippen molar-refractivity contribution in [2.24, 2.45) is 23.2 Å². The number of rotatable bonds is 7. The molecule has 1 aromatic rings. The highest BCUT2D eigenvalue weighted by Gasteiger charge is 2.50. The predicted molar refractivity (Wildman–Crippen MR) is 103 cm³/mol. The third-order valence-electron chi connectivity index (χ3n) is 6.75. The van der Waals surface area contributed by atoms with Gasteiger partial charge >= 0.3 is 5.97 Å². The molecule has 152 valence electrons. The van der Waals surface area contributed by atoms with Crippen LogP contribution in [0.3, 0.4) is 0 Å². The molecule has 0 unspecified atom stereocenters. The van der Waals surface area contributed by atoms with Crippen LogP contribution in [-0.2, 0) is 9.53 Å². The monoisotopic (exact) mass is 387 g/mol. The number of nitrogens with one attached hydrogen (secondary N) is 1. The molecule has 0 heterocycles. The molecule has 0 saturated heterocycles. The maximum atomic E-state index is 12.3. The Hall–Kier alpha value is -2.24. The highest BCUT2D eigenvalue weighted by molar-refractivity contribution is 5.92. The van der Waals surface area contributed by atoms with Gasteiger partial charge in [0.25, 0.3) is 5.91 Å². The van der Waals surface area contributed by atoms with Crippen molar-refractivity contribution in [1.82, 2.24) is 5.32 Å². The van der Waals surface area contributed by atoms with E-state index in [4.69, 9.17) is 14.2 Å². The lowest BCUT2D eigenvalue weighted by Gasteiger charge is -2.56. The van der Waals surface area contributed by atoms with Gasteiger partial charge in [0.1, 0.15) is 11.5 Å². The molecule has 1 amide bonds. The van der Waals surface area contributed by atoms with Crippen molar-refractivity contribution < 1.29 is 23.8 Å². The summed E-state index contributed by atoms with van der Waals surface area (Å²) in [4.78, 5) is 24.6. The van der Waals surface area contributed by atoms with Crippen LogP contribution in [0.1, 0.15) is 48.9 Å². The predicted octanol–water partition coefficient (Wildman–Crippen LogP) is 3.19. The molecule has 4 bridgehead atoms. The topological polar surface area (TPSA) is 73.9 Å². The molecule has 0 aliphatic heterocycles. The van der Waals surface area contributed by atoms with Gasteiger partial charge in [-0.2, -0.15) is 0 Å². The van der Waals surface area contributed by atoms with Gasteiger partial charge in [0.2, 0.25) is 0 Å². The second-order valence-electron chi connectivity index (χ2n) is 8.87. The zero-order valence-corrected chi connectivity index (χ0v) is 16.7. The van der Waals surface area contributed by atoms with Gasteiger partial charge in [-0.25, -0.2) is 4.79 Å². The summed E-state index contributed by atoms with van der Waals surface area (Å²) in [5.74, 6) is 2.74. The van der Waals surface area contributed by atoms with Crippen LogP contribution in [0, 0.1) is 23.2 Å². The minimum atomic E-state index is -0.567. The maximum absolute atomic E-state index is 12.3. The van der Waals surface area contributed by atoms with E-state index in [0.29, 0.717) is 23.6 Å². The SMILES string of the molecule is COc1cc(OC)cc(C(=O)OCC(=O)NCC23CC4CC(CC(C4)C2)C3)c1. The molecule has 6 nitrogen and oxygen atoms in total. The quantitative estimate of drug-likeness (QED) is 0.728. The molecule has 0 radical (unpaired) electrons. The van der Waals surface area contributed by atoms with Gasteiger partial charge < -0.3 is 19.5 Å². The number of esters is 1. The fourth-order valence-electron chi connectivity index (χ4n) is 5.98. The van der Waals surface area contributed by atoms with Gasteiger partial charge in [-0.1, -0.05) is 0 Å². The normalized spacial score (nSPS) is 30.0. The van der Waals surface area contributed by atoms with Crippen molar-refractivity contribution in [3.63, 3.8) is 0 Å². The summed E-state index contributed by atoms with van der Waals surface area (Å²) in [6.07, 6.45) is 7.87. The first kappa shape index (κ1) is 19.1. The Bertz CT molecular complexity index is 702. The smallest absolute Gasteiger partial charge is 0.338 e. The Morgan fingerprint density at radius 1 is 0.964 bits per heavy atom. The molecule has 6 heteroatoms. The number of hydrogen-bond acceptors (Lipinski definition) is 5. The van der Waals surface area contributed by atoms with Gasteiger partial charge in [-0.15, -0.1) is 0 Å². The van der Waals surface area contributed by atoms with Crippen molar-refractivity contribution in [2.75, 3.05) is 27.4 Å². The van der Waals surface area contributed by atoms with Gasteiger partial charge in [0, 0.05) is 12.6 Å². The molecule has 0 aromatic heterocycles. The van der Waals surface area contributed by atoms with Crippen molar-refractivity contribution in [3.8, 4) is 11.5 Å². The van der Waals surface area contributed by atoms with Crippen molar-refractivity contribution in [2.45, 2.75) is 38.5 Å². The number of ether oxygens (including phenoxy) is 3. The first-order valence-corrected chi connectivity index (χ1v) is 10.2. The molecular formula is C22H29NO5. The van der Waals surface area contributed by atoms with E-state index in [9.17, 15) is 9.59 Å². The number of benzene rings is 1. The number of hydrogen-bond donors (Lipinski definition) is 1. The summed E-state index contributed by atoms with van der Waals surface area (Å²) < 4.78 is 15.5. The molecule has 28 heavy (non-hydrogen) atoms. The van der Waals surface area contributed by atoms with E-state index >= 15 is 0 Å². The average Bonchev–Trinajstić information content (AvgIpc) is 2.69.